The van der Waals surface area contributed by atoms with Crippen molar-refractivity contribution in [3.05, 3.63) is 52.2 Å². The average molecular weight is 432 g/mol. The van der Waals surface area contributed by atoms with Gasteiger partial charge in [0.2, 0.25) is 5.91 Å². The van der Waals surface area contributed by atoms with Crippen LogP contribution in [0.4, 0.5) is 5.69 Å². The minimum absolute atomic E-state index is 0.0831. The molecule has 0 unspecified atom stereocenters. The first kappa shape index (κ1) is 20.9. The Morgan fingerprint density at radius 3 is 2.83 bits per heavy atom. The summed E-state index contributed by atoms with van der Waals surface area (Å²) in [6.45, 7) is 5.97. The molecular formula is C20H21N3O4S2. The van der Waals surface area contributed by atoms with Crippen LogP contribution in [0.25, 0.3) is 10.2 Å². The van der Waals surface area contributed by atoms with Crippen LogP contribution in [0.15, 0.2) is 46.9 Å². The second kappa shape index (κ2) is 9.15. The molecule has 152 valence electrons. The van der Waals surface area contributed by atoms with Gasteiger partial charge in [-0.25, -0.2) is 4.98 Å². The van der Waals surface area contributed by atoms with Gasteiger partial charge >= 0.3 is 0 Å². The Morgan fingerprint density at radius 1 is 1.34 bits per heavy atom. The van der Waals surface area contributed by atoms with E-state index in [0.29, 0.717) is 39.1 Å². The van der Waals surface area contributed by atoms with Crippen molar-refractivity contribution in [1.29, 1.82) is 0 Å². The largest absolute Gasteiger partial charge is 0.497 e. The monoisotopic (exact) mass is 431 g/mol. The smallest absolute Gasteiger partial charge is 0.263 e. The van der Waals surface area contributed by atoms with Gasteiger partial charge in [-0.2, -0.15) is 0 Å². The number of hydrogen-bond acceptors (Lipinski definition) is 7. The number of carbonyl (C=O) groups is 1. The summed E-state index contributed by atoms with van der Waals surface area (Å²) in [5, 5.41) is 3.89. The van der Waals surface area contributed by atoms with Crippen LogP contribution >= 0.6 is 23.1 Å². The van der Waals surface area contributed by atoms with Crippen LogP contribution in [0, 0.1) is 6.92 Å². The Kier molecular flexibility index (Phi) is 6.60. The summed E-state index contributed by atoms with van der Waals surface area (Å²) in [5.74, 6) is 0.971. The zero-order valence-corrected chi connectivity index (χ0v) is 18.0. The van der Waals surface area contributed by atoms with Crippen LogP contribution in [0.3, 0.4) is 0 Å². The zero-order valence-electron chi connectivity index (χ0n) is 16.4. The first-order chi connectivity index (χ1) is 14.0. The molecule has 3 rings (SSSR count). The molecule has 0 spiro atoms. The van der Waals surface area contributed by atoms with E-state index in [4.69, 9.17) is 9.47 Å². The predicted octanol–water partition coefficient (Wildman–Crippen LogP) is 3.70. The third-order valence-corrected chi connectivity index (χ3v) is 5.98. The molecule has 0 bridgehead atoms. The highest BCUT2D eigenvalue weighted by molar-refractivity contribution is 7.99. The van der Waals surface area contributed by atoms with Gasteiger partial charge in [-0.1, -0.05) is 17.8 Å². The lowest BCUT2D eigenvalue weighted by atomic mass is 10.2. The molecule has 7 nitrogen and oxygen atoms in total. The Hall–Kier alpha value is -2.78. The number of allylic oxidation sites excluding steroid dienone is 1. The second-order valence-electron chi connectivity index (χ2n) is 6.08. The zero-order chi connectivity index (χ0) is 21.0. The Balaban J connectivity index is 1.81. The Morgan fingerprint density at radius 2 is 2.14 bits per heavy atom. The van der Waals surface area contributed by atoms with Gasteiger partial charge < -0.3 is 14.8 Å². The molecule has 0 radical (unpaired) electrons. The number of methoxy groups -OCH3 is 2. The topological polar surface area (TPSA) is 82.5 Å². The first-order valence-corrected chi connectivity index (χ1v) is 10.5. The Bertz CT molecular complexity index is 1120. The van der Waals surface area contributed by atoms with Crippen molar-refractivity contribution in [1.82, 2.24) is 9.55 Å². The number of nitrogens with zero attached hydrogens (tertiary/aromatic N) is 2. The summed E-state index contributed by atoms with van der Waals surface area (Å²) in [6, 6.07) is 7.00. The van der Waals surface area contributed by atoms with E-state index >= 15 is 0 Å². The van der Waals surface area contributed by atoms with Crippen LogP contribution in [-0.2, 0) is 11.3 Å². The molecule has 0 aliphatic heterocycles. The number of anilines is 1. The molecule has 2 heterocycles. The van der Waals surface area contributed by atoms with Crippen molar-refractivity contribution in [2.75, 3.05) is 25.3 Å². The third-order valence-electron chi connectivity index (χ3n) is 4.06. The lowest BCUT2D eigenvalue weighted by molar-refractivity contribution is -0.113. The molecule has 1 amide bonds. The van der Waals surface area contributed by atoms with E-state index in [-0.39, 0.29) is 17.2 Å². The maximum absolute atomic E-state index is 12.8. The van der Waals surface area contributed by atoms with E-state index in [9.17, 15) is 9.59 Å². The number of hydrogen-bond donors (Lipinski definition) is 1. The molecular weight excluding hydrogens is 410 g/mol. The summed E-state index contributed by atoms with van der Waals surface area (Å²) in [7, 11) is 3.08. The number of thioether (sulfide) groups is 1. The van der Waals surface area contributed by atoms with Crippen LogP contribution < -0.4 is 20.3 Å². The van der Waals surface area contributed by atoms with E-state index < -0.39 is 0 Å². The van der Waals surface area contributed by atoms with Crippen molar-refractivity contribution in [2.45, 2.75) is 18.6 Å². The van der Waals surface area contributed by atoms with Crippen molar-refractivity contribution < 1.29 is 14.3 Å². The number of aromatic nitrogens is 2. The number of aryl methyl sites for hydroxylation is 1. The SMILES string of the molecule is C=CCn1c(SCC(=O)Nc2cc(OC)ccc2OC)nc2sc(C)cc2c1=O. The molecule has 0 saturated heterocycles. The molecule has 3 aromatic rings. The first-order valence-electron chi connectivity index (χ1n) is 8.73. The summed E-state index contributed by atoms with van der Waals surface area (Å²) < 4.78 is 12.0. The molecule has 29 heavy (non-hydrogen) atoms. The number of thiophene rings is 1. The standard InChI is InChI=1S/C20H21N3O4S2/c1-5-8-23-19(25)14-9-12(2)29-18(14)22-20(23)28-11-17(24)21-15-10-13(26-3)6-7-16(15)27-4/h5-7,9-10H,1,8,11H2,2-4H3,(H,21,24). The maximum atomic E-state index is 12.8. The van der Waals surface area contributed by atoms with Crippen LogP contribution in [-0.4, -0.2) is 35.4 Å². The number of fused-ring (bicyclic) bond motifs is 1. The van der Waals surface area contributed by atoms with Crippen molar-refractivity contribution >= 4 is 44.9 Å². The number of ether oxygens (including phenoxy) is 2. The molecule has 9 heteroatoms. The van der Waals surface area contributed by atoms with Gasteiger partial charge in [0.25, 0.3) is 5.56 Å². The molecule has 1 aromatic carbocycles. The summed E-state index contributed by atoms with van der Waals surface area (Å²) in [4.78, 5) is 31.6. The van der Waals surface area contributed by atoms with Crippen LogP contribution in [0.5, 0.6) is 11.5 Å². The molecule has 2 aromatic heterocycles. The molecule has 0 aliphatic carbocycles. The number of rotatable bonds is 8. The fourth-order valence-corrected chi connectivity index (χ4v) is 4.48. The van der Waals surface area contributed by atoms with E-state index in [2.05, 4.69) is 16.9 Å². The maximum Gasteiger partial charge on any atom is 0.263 e. The van der Waals surface area contributed by atoms with Crippen molar-refractivity contribution in [2.24, 2.45) is 0 Å². The average Bonchev–Trinajstić information content (AvgIpc) is 3.09. The van der Waals surface area contributed by atoms with Gasteiger partial charge in [-0.3, -0.25) is 14.2 Å². The number of carbonyl (C=O) groups excluding carboxylic acids is 1. The van der Waals surface area contributed by atoms with Gasteiger partial charge in [-0.05, 0) is 25.1 Å². The molecule has 0 fully saturated rings. The van der Waals surface area contributed by atoms with Crippen molar-refractivity contribution in [3.63, 3.8) is 0 Å². The fraction of sp³-hybridized carbons (Fsp3) is 0.250. The minimum Gasteiger partial charge on any atom is -0.497 e. The quantitative estimate of drug-likeness (QED) is 0.333. The fourth-order valence-electron chi connectivity index (χ4n) is 2.75. The highest BCUT2D eigenvalue weighted by atomic mass is 32.2. The minimum atomic E-state index is -0.247. The summed E-state index contributed by atoms with van der Waals surface area (Å²) in [5.41, 5.74) is 0.384. The summed E-state index contributed by atoms with van der Waals surface area (Å²) >= 11 is 2.66. The number of benzene rings is 1. The van der Waals surface area contributed by atoms with Crippen LogP contribution in [0.2, 0.25) is 0 Å². The second-order valence-corrected chi connectivity index (χ2v) is 8.26. The van der Waals surface area contributed by atoms with Gasteiger partial charge in [0.15, 0.2) is 5.16 Å². The highest BCUT2D eigenvalue weighted by Crippen LogP contribution is 2.29. The van der Waals surface area contributed by atoms with Gasteiger partial charge in [0.05, 0.1) is 31.0 Å². The normalized spacial score (nSPS) is 10.7. The van der Waals surface area contributed by atoms with E-state index in [1.165, 1.54) is 34.8 Å². The number of nitrogens with one attached hydrogen (secondary N) is 1. The third kappa shape index (κ3) is 4.63. The van der Waals surface area contributed by atoms with Gasteiger partial charge in [0, 0.05) is 17.5 Å². The van der Waals surface area contributed by atoms with E-state index in [1.54, 1.807) is 31.4 Å². The van der Waals surface area contributed by atoms with Gasteiger partial charge in [0.1, 0.15) is 16.3 Å². The molecule has 0 saturated carbocycles. The molecule has 1 N–H and O–H groups in total. The lowest BCUT2D eigenvalue weighted by Gasteiger charge is -2.12. The highest BCUT2D eigenvalue weighted by Gasteiger charge is 2.15. The van der Waals surface area contributed by atoms with E-state index in [0.717, 1.165) is 4.88 Å². The van der Waals surface area contributed by atoms with Crippen LogP contribution in [0.1, 0.15) is 4.88 Å². The van der Waals surface area contributed by atoms with Gasteiger partial charge in [-0.15, -0.1) is 17.9 Å². The predicted molar refractivity (Wildman–Crippen MR) is 118 cm³/mol. The molecule has 0 atom stereocenters. The Labute approximate surface area is 176 Å². The number of amides is 1. The van der Waals surface area contributed by atoms with Crippen molar-refractivity contribution in [3.8, 4) is 11.5 Å². The summed E-state index contributed by atoms with van der Waals surface area (Å²) in [6.07, 6.45) is 1.64. The lowest BCUT2D eigenvalue weighted by Crippen LogP contribution is -2.23. The van der Waals surface area contributed by atoms with E-state index in [1.807, 2.05) is 13.0 Å². The molecule has 0 aliphatic rings.